The number of rotatable bonds is 1. The van der Waals surface area contributed by atoms with E-state index in [2.05, 4.69) is 75.1 Å². The number of benzene rings is 2. The third-order valence-corrected chi connectivity index (χ3v) is 6.57. The molecule has 6 rings (SSSR count). The summed E-state index contributed by atoms with van der Waals surface area (Å²) in [6.07, 6.45) is 1.47. The van der Waals surface area contributed by atoms with Crippen LogP contribution in [0, 0.1) is 0 Å². The van der Waals surface area contributed by atoms with Crippen molar-refractivity contribution in [3.8, 4) is 5.88 Å². The molecule has 0 spiro atoms. The number of fused-ring (bicyclic) bond motifs is 5. The molecule has 2 aliphatic rings. The fraction of sp³-hybridized carbons (Fsp3) is 0.125. The van der Waals surface area contributed by atoms with Gasteiger partial charge in [0.15, 0.2) is 0 Å². The van der Waals surface area contributed by atoms with Gasteiger partial charge in [-0.15, -0.1) is 0 Å². The number of hydrogen-bond acceptors (Lipinski definition) is 3. The molecule has 2 amide bonds. The first-order valence-electron chi connectivity index (χ1n) is 9.86. The van der Waals surface area contributed by atoms with Crippen LogP contribution in [0.2, 0.25) is 0 Å². The molecule has 1 N–H and O–H groups in total. The van der Waals surface area contributed by atoms with E-state index in [-0.39, 0.29) is 15.7 Å². The molecule has 4 heterocycles. The number of hydrogen-bond donors (Lipinski definition) is 1. The molecule has 0 unspecified atom stereocenters. The molecule has 6 nitrogen and oxygen atoms in total. The van der Waals surface area contributed by atoms with E-state index in [1.54, 1.807) is 0 Å². The van der Waals surface area contributed by atoms with Gasteiger partial charge in [0.1, 0.15) is 0 Å². The van der Waals surface area contributed by atoms with Crippen LogP contribution in [0.4, 0.5) is 0 Å². The summed E-state index contributed by atoms with van der Waals surface area (Å²) in [6.45, 7) is 4.33. The molecule has 4 aromatic rings. The number of carbonyl (C=O) groups is 2. The van der Waals surface area contributed by atoms with E-state index in [4.69, 9.17) is 4.42 Å². The summed E-state index contributed by atoms with van der Waals surface area (Å²) >= 11 is 2.55. The van der Waals surface area contributed by atoms with Crippen molar-refractivity contribution < 1.29 is 14.0 Å². The Bertz CT molecular complexity index is 1530. The predicted octanol–water partition coefficient (Wildman–Crippen LogP) is 3.58. The zero-order chi connectivity index (χ0) is 21.5. The van der Waals surface area contributed by atoms with Crippen LogP contribution in [0.1, 0.15) is 30.7 Å². The first-order chi connectivity index (χ1) is 14.9. The summed E-state index contributed by atoms with van der Waals surface area (Å²) in [5.41, 5.74) is 4.01. The monoisotopic (exact) mass is 474 g/mol. The van der Waals surface area contributed by atoms with E-state index in [9.17, 15) is 9.59 Å². The van der Waals surface area contributed by atoms with Crippen LogP contribution in [0.3, 0.4) is 0 Å². The molecule has 0 saturated heterocycles. The van der Waals surface area contributed by atoms with E-state index >= 15 is 0 Å². The van der Waals surface area contributed by atoms with Crippen LogP contribution in [0.25, 0.3) is 33.8 Å². The van der Waals surface area contributed by atoms with Gasteiger partial charge in [-0.05, 0) is 0 Å². The molecule has 151 valence electrons. The van der Waals surface area contributed by atoms with Crippen molar-refractivity contribution in [3.63, 3.8) is 0 Å². The van der Waals surface area contributed by atoms with Gasteiger partial charge in [0.25, 0.3) is 0 Å². The van der Waals surface area contributed by atoms with Crippen LogP contribution in [0.15, 0.2) is 63.5 Å². The van der Waals surface area contributed by atoms with Gasteiger partial charge in [0.2, 0.25) is 0 Å². The Morgan fingerprint density at radius 3 is 2.65 bits per heavy atom. The van der Waals surface area contributed by atoms with Crippen LogP contribution in [-0.4, -0.2) is 37.1 Å². The van der Waals surface area contributed by atoms with Crippen molar-refractivity contribution in [1.82, 2.24) is 9.88 Å². The predicted molar refractivity (Wildman–Crippen MR) is 119 cm³/mol. The number of amides is 2. The maximum absolute atomic E-state index is 12.3. The Hall–Kier alpha value is -3.41. The third kappa shape index (κ3) is 2.42. The van der Waals surface area contributed by atoms with Crippen LogP contribution < -0.4 is 5.32 Å². The Morgan fingerprint density at radius 1 is 1.06 bits per heavy atom. The number of nitrogens with one attached hydrogen (secondary N) is 1. The molecule has 2 aromatic carbocycles. The Balaban J connectivity index is 1.65. The molecule has 0 atom stereocenters. The van der Waals surface area contributed by atoms with Gasteiger partial charge in [-0.3, -0.25) is 0 Å². The SMILES string of the molecule is CC1(C)c2cc(/C=C3/C(=O)N=C([Se])NC3=O)oc2-n2c3ccccc3c3cccc1c32. The zero-order valence-corrected chi connectivity index (χ0v) is 18.4. The average molecular weight is 473 g/mol. The Kier molecular flexibility index (Phi) is 3.59. The topological polar surface area (TPSA) is 76.6 Å². The second kappa shape index (κ2) is 6.06. The number of aromatic nitrogens is 1. The summed E-state index contributed by atoms with van der Waals surface area (Å²) in [5, 5.41) is 4.85. The molecule has 1 radical (unpaired) electrons. The van der Waals surface area contributed by atoms with Gasteiger partial charge in [-0.25, -0.2) is 0 Å². The minimum absolute atomic E-state index is 0.0528. The summed E-state index contributed by atoms with van der Waals surface area (Å²) in [6, 6.07) is 16.5. The normalized spacial score (nSPS) is 18.4. The van der Waals surface area contributed by atoms with E-state index in [0.717, 1.165) is 22.0 Å². The Labute approximate surface area is 185 Å². The molecule has 2 aromatic heterocycles. The summed E-state index contributed by atoms with van der Waals surface area (Å²) in [7, 11) is 0. The number of carbonyl (C=O) groups excluding carboxylic acids is 2. The molecule has 0 bridgehead atoms. The van der Waals surface area contributed by atoms with Crippen molar-refractivity contribution in [3.05, 3.63) is 71.0 Å². The van der Waals surface area contributed by atoms with E-state index in [1.807, 2.05) is 18.2 Å². The van der Waals surface area contributed by atoms with Gasteiger partial charge in [-0.1, -0.05) is 6.07 Å². The van der Waals surface area contributed by atoms with E-state index in [1.165, 1.54) is 17.0 Å². The number of furan rings is 1. The van der Waals surface area contributed by atoms with Crippen molar-refractivity contribution in [2.75, 3.05) is 0 Å². The molecule has 7 heteroatoms. The van der Waals surface area contributed by atoms with Gasteiger partial charge >= 0.3 is 179 Å². The molecule has 31 heavy (non-hydrogen) atoms. The molecule has 0 aliphatic carbocycles. The summed E-state index contributed by atoms with van der Waals surface area (Å²) in [4.78, 5) is 28.4. The first-order valence-corrected chi connectivity index (χ1v) is 10.7. The average Bonchev–Trinajstić information content (AvgIpc) is 3.29. The number of amidine groups is 1. The minimum atomic E-state index is -0.594. The third-order valence-electron chi connectivity index (χ3n) is 6.16. The van der Waals surface area contributed by atoms with Gasteiger partial charge < -0.3 is 0 Å². The quantitative estimate of drug-likeness (QED) is 0.261. The van der Waals surface area contributed by atoms with Gasteiger partial charge in [0.05, 0.1) is 0 Å². The first kappa shape index (κ1) is 18.4. The number of nitrogens with zero attached hydrogens (tertiary/aromatic N) is 2. The Morgan fingerprint density at radius 2 is 1.84 bits per heavy atom. The maximum atomic E-state index is 12.3. The van der Waals surface area contributed by atoms with E-state index in [0.29, 0.717) is 11.6 Å². The standard InChI is InChI=1S/C24H16N3O3Se/c1-24(2)16-8-5-7-14-13-6-3-4-9-18(13)27(19(14)16)22-17(24)11-12(30-22)10-15-20(28)25-23(31)26-21(15)29/h3-11H,1-2H3,(H,25,26,28,29). The van der Waals surface area contributed by atoms with Gasteiger partial charge in [0, 0.05) is 0 Å². The van der Waals surface area contributed by atoms with Crippen LogP contribution in [0.5, 0.6) is 0 Å². The molecule has 0 fully saturated rings. The number of para-hydroxylation sites is 2. The van der Waals surface area contributed by atoms with Crippen LogP contribution >= 0.6 is 0 Å². The number of aliphatic imine (C=N–C) groups is 1. The second-order valence-electron chi connectivity index (χ2n) is 8.28. The summed E-state index contributed by atoms with van der Waals surface area (Å²) in [5.74, 6) is 0.0511. The molecule has 0 saturated carbocycles. The molecule has 2 aliphatic heterocycles. The fourth-order valence-electron chi connectivity index (χ4n) is 4.68. The fourth-order valence-corrected chi connectivity index (χ4v) is 5.04. The summed E-state index contributed by atoms with van der Waals surface area (Å²) < 4.78 is 8.59. The van der Waals surface area contributed by atoms with Crippen molar-refractivity contribution in [1.29, 1.82) is 0 Å². The van der Waals surface area contributed by atoms with Crippen molar-refractivity contribution >= 4 is 60.4 Å². The van der Waals surface area contributed by atoms with Crippen LogP contribution in [-0.2, 0) is 15.0 Å². The van der Waals surface area contributed by atoms with E-state index < -0.39 is 11.8 Å². The van der Waals surface area contributed by atoms with Crippen molar-refractivity contribution in [2.24, 2.45) is 4.99 Å². The van der Waals surface area contributed by atoms with Gasteiger partial charge in [-0.2, -0.15) is 0 Å². The molecular weight excluding hydrogens is 457 g/mol. The van der Waals surface area contributed by atoms with Crippen molar-refractivity contribution in [2.45, 2.75) is 19.3 Å². The zero-order valence-electron chi connectivity index (χ0n) is 16.7. The molecular formula is C24H16N3O3Se. The second-order valence-corrected chi connectivity index (χ2v) is 9.09.